The summed E-state index contributed by atoms with van der Waals surface area (Å²) in [5.74, 6) is 2.40. The molecule has 0 atom stereocenters. The first-order valence-electron chi connectivity index (χ1n) is 12.0. The quantitative estimate of drug-likeness (QED) is 0.439. The number of aromatic nitrogens is 1. The average Bonchev–Trinajstić information content (AvgIpc) is 3.25. The second-order valence-corrected chi connectivity index (χ2v) is 9.55. The van der Waals surface area contributed by atoms with Gasteiger partial charge < -0.3 is 24.8 Å². The van der Waals surface area contributed by atoms with E-state index in [0.29, 0.717) is 11.3 Å². The standard InChI is InChI=1S/C26H33N5O2/c1-30-11-7-18(8-12-30)17-31-13-9-21(10-14-31)32-22-4-2-3-19(15-22)25-23-16-20(26(27)28)5-6-24(23)29-33-25/h2-6,15-16,18,21H,7-14,17H2,1H3,(H3,27,28). The number of benzene rings is 2. The fraction of sp³-hybridized carbons (Fsp3) is 0.462. The van der Waals surface area contributed by atoms with Crippen molar-refractivity contribution in [3.8, 4) is 17.1 Å². The molecular weight excluding hydrogens is 414 g/mol. The van der Waals surface area contributed by atoms with Crippen molar-refractivity contribution in [2.24, 2.45) is 11.7 Å². The van der Waals surface area contributed by atoms with E-state index in [1.54, 1.807) is 6.07 Å². The van der Waals surface area contributed by atoms with Gasteiger partial charge in [0.05, 0.1) is 5.39 Å². The van der Waals surface area contributed by atoms with Crippen molar-refractivity contribution < 1.29 is 9.26 Å². The van der Waals surface area contributed by atoms with Crippen molar-refractivity contribution in [2.75, 3.05) is 39.8 Å². The molecule has 0 spiro atoms. The highest BCUT2D eigenvalue weighted by Gasteiger charge is 2.25. The van der Waals surface area contributed by atoms with E-state index in [4.69, 9.17) is 20.4 Å². The number of fused-ring (bicyclic) bond motifs is 1. The van der Waals surface area contributed by atoms with Gasteiger partial charge in [-0.05, 0) is 82.1 Å². The summed E-state index contributed by atoms with van der Waals surface area (Å²) in [4.78, 5) is 5.06. The summed E-state index contributed by atoms with van der Waals surface area (Å²) >= 11 is 0. The Bertz CT molecular complexity index is 1110. The molecule has 0 amide bonds. The third-order valence-corrected chi connectivity index (χ3v) is 7.08. The number of nitrogens with zero attached hydrogens (tertiary/aromatic N) is 3. The van der Waals surface area contributed by atoms with E-state index in [1.807, 2.05) is 36.4 Å². The SMILES string of the molecule is CN1CCC(CN2CCC(Oc3cccc(-c4onc5ccc(C(=N)N)cc45)c3)CC2)CC1. The molecule has 2 saturated heterocycles. The molecule has 7 heteroatoms. The molecule has 2 fully saturated rings. The minimum absolute atomic E-state index is 0.0308. The Balaban J connectivity index is 1.22. The molecule has 33 heavy (non-hydrogen) atoms. The zero-order chi connectivity index (χ0) is 22.8. The third-order valence-electron chi connectivity index (χ3n) is 7.08. The molecule has 5 rings (SSSR count). The maximum Gasteiger partial charge on any atom is 0.174 e. The van der Waals surface area contributed by atoms with Crippen LogP contribution >= 0.6 is 0 Å². The summed E-state index contributed by atoms with van der Waals surface area (Å²) in [6.07, 6.45) is 5.01. The monoisotopic (exact) mass is 447 g/mol. The van der Waals surface area contributed by atoms with Crippen LogP contribution in [0.15, 0.2) is 47.0 Å². The van der Waals surface area contributed by atoms with Gasteiger partial charge in [-0.3, -0.25) is 5.41 Å². The number of nitrogens with two attached hydrogens (primary N) is 1. The Labute approximate surface area is 195 Å². The molecule has 2 aliphatic heterocycles. The lowest BCUT2D eigenvalue weighted by molar-refractivity contribution is 0.0809. The molecule has 2 aromatic carbocycles. The Morgan fingerprint density at radius 3 is 2.64 bits per heavy atom. The Hall–Kier alpha value is -2.90. The van der Waals surface area contributed by atoms with Crippen LogP contribution in [-0.2, 0) is 0 Å². The van der Waals surface area contributed by atoms with E-state index in [1.165, 1.54) is 32.5 Å². The molecule has 0 unspecified atom stereocenters. The molecule has 0 aliphatic carbocycles. The lowest BCUT2D eigenvalue weighted by atomic mass is 9.95. The molecule has 7 nitrogen and oxygen atoms in total. The highest BCUT2D eigenvalue weighted by atomic mass is 16.5. The Morgan fingerprint density at radius 1 is 1.09 bits per heavy atom. The number of hydrogen-bond acceptors (Lipinski definition) is 6. The van der Waals surface area contributed by atoms with E-state index in [2.05, 4.69) is 22.0 Å². The van der Waals surface area contributed by atoms with Gasteiger partial charge in [0, 0.05) is 30.8 Å². The van der Waals surface area contributed by atoms with E-state index in [-0.39, 0.29) is 11.9 Å². The molecule has 0 bridgehead atoms. The fourth-order valence-corrected chi connectivity index (χ4v) is 5.04. The third kappa shape index (κ3) is 5.04. The minimum atomic E-state index is 0.0308. The summed E-state index contributed by atoms with van der Waals surface area (Å²) in [6.45, 7) is 5.92. The van der Waals surface area contributed by atoms with Gasteiger partial charge in [0.15, 0.2) is 5.76 Å². The maximum absolute atomic E-state index is 7.71. The Kier molecular flexibility index (Phi) is 6.33. The molecule has 2 aliphatic rings. The Morgan fingerprint density at radius 2 is 1.88 bits per heavy atom. The number of ether oxygens (including phenoxy) is 1. The summed E-state index contributed by atoms with van der Waals surface area (Å²) in [5, 5.41) is 12.7. The van der Waals surface area contributed by atoms with Crippen molar-refractivity contribution in [1.29, 1.82) is 5.41 Å². The highest BCUT2D eigenvalue weighted by molar-refractivity contribution is 6.01. The van der Waals surface area contributed by atoms with Crippen molar-refractivity contribution in [2.45, 2.75) is 31.8 Å². The lowest BCUT2D eigenvalue weighted by Gasteiger charge is -2.36. The number of hydrogen-bond donors (Lipinski definition) is 2. The fourth-order valence-electron chi connectivity index (χ4n) is 5.04. The zero-order valence-electron chi connectivity index (χ0n) is 19.3. The number of nitrogen functional groups attached to an aromatic ring is 1. The van der Waals surface area contributed by atoms with Crippen LogP contribution in [0.25, 0.3) is 22.2 Å². The summed E-state index contributed by atoms with van der Waals surface area (Å²) in [7, 11) is 2.22. The van der Waals surface area contributed by atoms with Crippen LogP contribution in [0.4, 0.5) is 0 Å². The van der Waals surface area contributed by atoms with Crippen LogP contribution < -0.4 is 10.5 Å². The average molecular weight is 448 g/mol. The second-order valence-electron chi connectivity index (χ2n) is 9.55. The van der Waals surface area contributed by atoms with Crippen LogP contribution in [0.3, 0.4) is 0 Å². The largest absolute Gasteiger partial charge is 0.490 e. The second kappa shape index (κ2) is 9.53. The van der Waals surface area contributed by atoms with Gasteiger partial charge in [0.1, 0.15) is 23.2 Å². The first kappa shape index (κ1) is 21.9. The number of nitrogens with one attached hydrogen (secondary N) is 1. The van der Waals surface area contributed by atoms with Gasteiger partial charge in [-0.15, -0.1) is 0 Å². The molecule has 3 aromatic rings. The molecule has 1 aromatic heterocycles. The molecule has 174 valence electrons. The number of likely N-dealkylation sites (tertiary alicyclic amines) is 2. The summed E-state index contributed by atoms with van der Waals surface area (Å²) < 4.78 is 12.0. The number of amidine groups is 1. The van der Waals surface area contributed by atoms with Crippen molar-refractivity contribution in [3.63, 3.8) is 0 Å². The zero-order valence-corrected chi connectivity index (χ0v) is 19.3. The molecule has 0 saturated carbocycles. The van der Waals surface area contributed by atoms with Crippen LogP contribution in [0.2, 0.25) is 0 Å². The van der Waals surface area contributed by atoms with Gasteiger partial charge in [0.25, 0.3) is 0 Å². The van der Waals surface area contributed by atoms with Crippen molar-refractivity contribution in [3.05, 3.63) is 48.0 Å². The summed E-state index contributed by atoms with van der Waals surface area (Å²) in [6, 6.07) is 13.5. The van der Waals surface area contributed by atoms with Gasteiger partial charge >= 0.3 is 0 Å². The maximum atomic E-state index is 7.71. The van der Waals surface area contributed by atoms with E-state index < -0.39 is 0 Å². The summed E-state index contributed by atoms with van der Waals surface area (Å²) in [5.41, 5.74) is 7.98. The molecular formula is C26H33N5O2. The van der Waals surface area contributed by atoms with Crippen LogP contribution in [0, 0.1) is 11.3 Å². The molecule has 0 radical (unpaired) electrons. The first-order chi connectivity index (χ1) is 16.0. The smallest absolute Gasteiger partial charge is 0.174 e. The van der Waals surface area contributed by atoms with Crippen molar-refractivity contribution >= 4 is 16.7 Å². The molecule has 3 heterocycles. The minimum Gasteiger partial charge on any atom is -0.490 e. The van der Waals surface area contributed by atoms with Gasteiger partial charge in [-0.25, -0.2) is 0 Å². The van der Waals surface area contributed by atoms with Gasteiger partial charge in [0.2, 0.25) is 0 Å². The van der Waals surface area contributed by atoms with Gasteiger partial charge in [-0.2, -0.15) is 0 Å². The predicted molar refractivity (Wildman–Crippen MR) is 131 cm³/mol. The number of piperidine rings is 2. The molecule has 3 N–H and O–H groups in total. The topological polar surface area (TPSA) is 91.6 Å². The normalized spacial score (nSPS) is 19.2. The number of rotatable bonds is 6. The van der Waals surface area contributed by atoms with Crippen LogP contribution in [-0.4, -0.2) is 66.7 Å². The van der Waals surface area contributed by atoms with Crippen LogP contribution in [0.5, 0.6) is 5.75 Å². The predicted octanol–water partition coefficient (Wildman–Crippen LogP) is 3.96. The van der Waals surface area contributed by atoms with Gasteiger partial charge in [-0.1, -0.05) is 17.3 Å². The van der Waals surface area contributed by atoms with E-state index in [0.717, 1.165) is 54.1 Å². The van der Waals surface area contributed by atoms with E-state index in [9.17, 15) is 0 Å². The van der Waals surface area contributed by atoms with Crippen LogP contribution in [0.1, 0.15) is 31.2 Å². The van der Waals surface area contributed by atoms with E-state index >= 15 is 0 Å². The lowest BCUT2D eigenvalue weighted by Crippen LogP contribution is -2.42. The van der Waals surface area contributed by atoms with Crippen molar-refractivity contribution in [1.82, 2.24) is 15.0 Å². The first-order valence-corrected chi connectivity index (χ1v) is 12.0. The highest BCUT2D eigenvalue weighted by Crippen LogP contribution is 2.32.